The smallest absolute Gasteiger partial charge is 0.155 e. The maximum absolute atomic E-state index is 8.00. The Bertz CT molecular complexity index is 835. The Morgan fingerprint density at radius 2 is 1.84 bits per heavy atom. The standard InChI is InChI=1S/C16H21N3.C6H12O.2C2H2.CH2O/c1-6-15(14-9-10(2)7-8-11(14)3)17-16-12(4)13(5)18-19-16;1-2-6-4-3-5-7-6;3*1-2/h6-9H,1-5H3,(H2,17,18,19);6H,2-5H2,1H3;2*1-2H;1H2/b15-6+;;;;. The summed E-state index contributed by atoms with van der Waals surface area (Å²) >= 11 is 0. The van der Waals surface area contributed by atoms with Gasteiger partial charge < -0.3 is 14.8 Å². The Balaban J connectivity index is 0. The largest absolute Gasteiger partial charge is 0.378 e. The molecule has 1 atom stereocenters. The van der Waals surface area contributed by atoms with Gasteiger partial charge in [-0.3, -0.25) is 5.10 Å². The molecule has 0 amide bonds. The van der Waals surface area contributed by atoms with E-state index in [-0.39, 0.29) is 0 Å². The average Bonchev–Trinajstić information content (AvgIpc) is 3.49. The minimum atomic E-state index is 0.597. The molecule has 2 N–H and O–H groups in total. The first-order valence-electron chi connectivity index (χ1n) is 10.6. The number of aryl methyl sites for hydroxylation is 3. The number of terminal acetylenes is 2. The van der Waals surface area contributed by atoms with E-state index >= 15 is 0 Å². The maximum Gasteiger partial charge on any atom is 0.155 e. The number of hydrogen-bond acceptors (Lipinski definition) is 4. The molecule has 1 fully saturated rings. The van der Waals surface area contributed by atoms with Crippen molar-refractivity contribution in [3.05, 3.63) is 52.2 Å². The molecule has 174 valence electrons. The van der Waals surface area contributed by atoms with Crippen LogP contribution >= 0.6 is 0 Å². The molecule has 0 saturated carbocycles. The van der Waals surface area contributed by atoms with Crippen molar-refractivity contribution in [2.24, 2.45) is 0 Å². The minimum absolute atomic E-state index is 0.597. The first-order valence-corrected chi connectivity index (χ1v) is 10.6. The second kappa shape index (κ2) is 18.5. The molecule has 1 aromatic heterocycles. The number of H-pyrrole nitrogens is 1. The summed E-state index contributed by atoms with van der Waals surface area (Å²) in [5.74, 6) is 0.895. The number of aromatic nitrogens is 2. The molecule has 2 heterocycles. The monoisotopic (exact) mass is 437 g/mol. The van der Waals surface area contributed by atoms with Gasteiger partial charge in [-0.2, -0.15) is 5.10 Å². The highest BCUT2D eigenvalue weighted by Crippen LogP contribution is 2.24. The van der Waals surface area contributed by atoms with Crippen molar-refractivity contribution in [3.63, 3.8) is 0 Å². The summed E-state index contributed by atoms with van der Waals surface area (Å²) in [5, 5.41) is 10.7. The van der Waals surface area contributed by atoms with E-state index in [0.29, 0.717) is 6.10 Å². The van der Waals surface area contributed by atoms with E-state index in [1.807, 2.05) is 20.6 Å². The number of carbonyl (C=O) groups excluding carboxylic acids is 1. The number of anilines is 1. The molecule has 3 rings (SSSR count). The Morgan fingerprint density at radius 1 is 1.22 bits per heavy atom. The van der Waals surface area contributed by atoms with Crippen LogP contribution in [0.25, 0.3) is 5.70 Å². The quantitative estimate of drug-likeness (QED) is 0.575. The summed E-state index contributed by atoms with van der Waals surface area (Å²) in [6.45, 7) is 15.6. The van der Waals surface area contributed by atoms with Crippen molar-refractivity contribution in [2.75, 3.05) is 11.9 Å². The highest BCUT2D eigenvalue weighted by molar-refractivity contribution is 5.78. The number of nitrogens with one attached hydrogen (secondary N) is 2. The first-order chi connectivity index (χ1) is 15.5. The van der Waals surface area contributed by atoms with Crippen LogP contribution in [-0.2, 0) is 9.53 Å². The highest BCUT2D eigenvalue weighted by Gasteiger charge is 2.11. The molecule has 32 heavy (non-hydrogen) atoms. The van der Waals surface area contributed by atoms with Gasteiger partial charge in [0, 0.05) is 29.1 Å². The molecular formula is C27H39N3O2. The van der Waals surface area contributed by atoms with Crippen molar-refractivity contribution >= 4 is 18.3 Å². The lowest BCUT2D eigenvalue weighted by atomic mass is 10.0. The number of benzene rings is 1. The van der Waals surface area contributed by atoms with Gasteiger partial charge in [-0.1, -0.05) is 30.7 Å². The molecule has 1 aliphatic heterocycles. The van der Waals surface area contributed by atoms with E-state index in [1.54, 1.807) is 0 Å². The van der Waals surface area contributed by atoms with E-state index < -0.39 is 0 Å². The Hall–Kier alpha value is -3.28. The summed E-state index contributed by atoms with van der Waals surface area (Å²) in [6.07, 6.45) is 22.4. The lowest BCUT2D eigenvalue weighted by Gasteiger charge is -2.13. The SMILES string of the molecule is C#C.C#C.C/C=C(/Nc1n[nH]c(C)c1C)c1cc(C)ccc1C.C=O.CCC1CCCO1. The fourth-order valence-corrected chi connectivity index (χ4v) is 3.02. The zero-order chi connectivity index (χ0) is 25.1. The third-order valence-corrected chi connectivity index (χ3v) is 4.96. The van der Waals surface area contributed by atoms with E-state index in [4.69, 9.17) is 9.53 Å². The molecule has 1 aliphatic rings. The zero-order valence-corrected chi connectivity index (χ0v) is 20.5. The van der Waals surface area contributed by atoms with Gasteiger partial charge in [-0.25, -0.2) is 0 Å². The van der Waals surface area contributed by atoms with Gasteiger partial charge >= 0.3 is 0 Å². The van der Waals surface area contributed by atoms with Gasteiger partial charge in [0.15, 0.2) is 5.82 Å². The molecule has 1 unspecified atom stereocenters. The van der Waals surface area contributed by atoms with Crippen LogP contribution in [0.2, 0.25) is 0 Å². The third-order valence-electron chi connectivity index (χ3n) is 4.96. The fourth-order valence-electron chi connectivity index (χ4n) is 3.02. The average molecular weight is 438 g/mol. The van der Waals surface area contributed by atoms with Crippen LogP contribution in [0.3, 0.4) is 0 Å². The molecule has 1 aromatic carbocycles. The first kappa shape index (κ1) is 30.9. The number of hydrogen-bond donors (Lipinski definition) is 2. The van der Waals surface area contributed by atoms with Crippen LogP contribution in [0.1, 0.15) is 61.1 Å². The molecule has 1 saturated heterocycles. The van der Waals surface area contributed by atoms with Crippen LogP contribution < -0.4 is 5.32 Å². The number of aromatic amines is 1. The van der Waals surface area contributed by atoms with Crippen LogP contribution in [0.15, 0.2) is 24.3 Å². The number of ether oxygens (including phenoxy) is 1. The van der Waals surface area contributed by atoms with Crippen LogP contribution in [0.4, 0.5) is 5.82 Å². The summed E-state index contributed by atoms with van der Waals surface area (Å²) < 4.78 is 5.30. The van der Waals surface area contributed by atoms with Gasteiger partial charge in [0.25, 0.3) is 0 Å². The van der Waals surface area contributed by atoms with Crippen molar-refractivity contribution in [1.29, 1.82) is 0 Å². The molecule has 0 aliphatic carbocycles. The minimum Gasteiger partial charge on any atom is -0.378 e. The number of allylic oxidation sites excluding steroid dienone is 1. The van der Waals surface area contributed by atoms with Gasteiger partial charge in [-0.05, 0) is 65.5 Å². The Kier molecular flexibility index (Phi) is 17.9. The van der Waals surface area contributed by atoms with Crippen LogP contribution in [-0.4, -0.2) is 29.7 Å². The maximum atomic E-state index is 8.00. The predicted molar refractivity (Wildman–Crippen MR) is 137 cm³/mol. The molecule has 0 radical (unpaired) electrons. The van der Waals surface area contributed by atoms with Crippen molar-refractivity contribution < 1.29 is 9.53 Å². The van der Waals surface area contributed by atoms with Crippen molar-refractivity contribution in [1.82, 2.24) is 10.2 Å². The molecular weight excluding hydrogens is 398 g/mol. The zero-order valence-electron chi connectivity index (χ0n) is 20.5. The highest BCUT2D eigenvalue weighted by atomic mass is 16.5. The number of rotatable bonds is 4. The van der Waals surface area contributed by atoms with Gasteiger partial charge in [0.05, 0.1) is 6.10 Å². The van der Waals surface area contributed by atoms with Crippen LogP contribution in [0.5, 0.6) is 0 Å². The van der Waals surface area contributed by atoms with Crippen molar-refractivity contribution in [2.45, 2.75) is 66.9 Å². The lowest BCUT2D eigenvalue weighted by molar-refractivity contribution is -0.0979. The van der Waals surface area contributed by atoms with E-state index in [2.05, 4.69) is 93.2 Å². The van der Waals surface area contributed by atoms with Gasteiger partial charge in [-0.15, -0.1) is 25.7 Å². The third kappa shape index (κ3) is 10.2. The summed E-state index contributed by atoms with van der Waals surface area (Å²) in [5.41, 5.74) is 7.09. The van der Waals surface area contributed by atoms with E-state index in [1.165, 1.54) is 36.0 Å². The summed E-state index contributed by atoms with van der Waals surface area (Å²) in [4.78, 5) is 8.00. The van der Waals surface area contributed by atoms with Gasteiger partial charge in [0.1, 0.15) is 6.79 Å². The normalized spacial score (nSPS) is 14.1. The second-order valence-electron chi connectivity index (χ2n) is 7.01. The van der Waals surface area contributed by atoms with E-state index in [0.717, 1.165) is 29.4 Å². The molecule has 0 spiro atoms. The fraction of sp³-hybridized carbons (Fsp3) is 0.407. The summed E-state index contributed by atoms with van der Waals surface area (Å²) in [7, 11) is 0. The second-order valence-corrected chi connectivity index (χ2v) is 7.01. The predicted octanol–water partition coefficient (Wildman–Crippen LogP) is 6.01. The topological polar surface area (TPSA) is 67.0 Å². The number of carbonyl (C=O) groups is 1. The summed E-state index contributed by atoms with van der Waals surface area (Å²) in [6, 6.07) is 6.49. The number of nitrogens with zero attached hydrogens (tertiary/aromatic N) is 1. The van der Waals surface area contributed by atoms with Crippen LogP contribution in [0, 0.1) is 53.4 Å². The lowest BCUT2D eigenvalue weighted by Crippen LogP contribution is -2.02. The molecule has 5 nitrogen and oxygen atoms in total. The molecule has 2 aromatic rings. The van der Waals surface area contributed by atoms with E-state index in [9.17, 15) is 0 Å². The molecule has 5 heteroatoms. The Labute approximate surface area is 195 Å². The van der Waals surface area contributed by atoms with Crippen molar-refractivity contribution in [3.8, 4) is 25.7 Å². The molecule has 0 bridgehead atoms. The Morgan fingerprint density at radius 3 is 2.25 bits per heavy atom. The van der Waals surface area contributed by atoms with Gasteiger partial charge in [0.2, 0.25) is 0 Å².